The van der Waals surface area contributed by atoms with Crippen LogP contribution < -0.4 is 5.32 Å². The molecular weight excluding hydrogens is 439 g/mol. The van der Waals surface area contributed by atoms with Crippen molar-refractivity contribution in [2.45, 2.75) is 38.3 Å². The molecule has 34 heavy (non-hydrogen) atoms. The second-order valence-corrected chi connectivity index (χ2v) is 9.30. The molecule has 4 aromatic heterocycles. The Labute approximate surface area is 194 Å². The summed E-state index contributed by atoms with van der Waals surface area (Å²) in [7, 11) is 1.62. The van der Waals surface area contributed by atoms with Gasteiger partial charge in [-0.25, -0.2) is 18.9 Å². The Bertz CT molecular complexity index is 1390. The van der Waals surface area contributed by atoms with Gasteiger partial charge >= 0.3 is 5.97 Å². The van der Waals surface area contributed by atoms with Gasteiger partial charge < -0.3 is 20.1 Å². The van der Waals surface area contributed by atoms with Gasteiger partial charge in [0, 0.05) is 30.3 Å². The smallest absolute Gasteiger partial charge is 0.308 e. The molecule has 10 heteroatoms. The summed E-state index contributed by atoms with van der Waals surface area (Å²) in [6, 6.07) is 5.02. The minimum atomic E-state index is -0.758. The normalized spacial score (nSPS) is 24.2. The molecule has 7 rings (SSSR count). The molecule has 0 unspecified atom stereocenters. The Kier molecular flexibility index (Phi) is 4.98. The molecule has 4 aromatic rings. The van der Waals surface area contributed by atoms with E-state index in [9.17, 15) is 14.3 Å². The van der Waals surface area contributed by atoms with E-state index in [-0.39, 0.29) is 17.9 Å². The predicted octanol–water partition coefficient (Wildman–Crippen LogP) is 3.86. The first kappa shape index (κ1) is 21.0. The van der Waals surface area contributed by atoms with E-state index in [1.165, 1.54) is 6.07 Å². The third-order valence-corrected chi connectivity index (χ3v) is 7.43. The fourth-order valence-electron chi connectivity index (χ4n) is 5.86. The maximum atomic E-state index is 14.0. The zero-order valence-electron chi connectivity index (χ0n) is 18.7. The van der Waals surface area contributed by atoms with Crippen molar-refractivity contribution in [1.29, 1.82) is 0 Å². The largest absolute Gasteiger partial charge is 0.481 e. The minimum absolute atomic E-state index is 0.177. The molecule has 0 amide bonds. The highest BCUT2D eigenvalue weighted by atomic mass is 19.1. The Morgan fingerprint density at radius 1 is 1.29 bits per heavy atom. The average Bonchev–Trinajstić information content (AvgIpc) is 3.44. The van der Waals surface area contributed by atoms with Crippen LogP contribution in [0.25, 0.3) is 27.9 Å². The number of fused-ring (bicyclic) bond motifs is 5. The van der Waals surface area contributed by atoms with Crippen LogP contribution in [0, 0.1) is 23.6 Å². The number of ether oxygens (including phenoxy) is 1. The van der Waals surface area contributed by atoms with E-state index in [4.69, 9.17) is 14.8 Å². The number of nitrogens with zero attached hydrogens (tertiary/aromatic N) is 4. The van der Waals surface area contributed by atoms with E-state index >= 15 is 0 Å². The third kappa shape index (κ3) is 3.32. The van der Waals surface area contributed by atoms with Gasteiger partial charge in [-0.3, -0.25) is 4.79 Å². The molecule has 0 spiro atoms. The molecule has 2 atom stereocenters. The lowest BCUT2D eigenvalue weighted by Crippen LogP contribution is -2.51. The van der Waals surface area contributed by atoms with Crippen molar-refractivity contribution in [3.05, 3.63) is 42.1 Å². The summed E-state index contributed by atoms with van der Waals surface area (Å²) in [5.74, 6) is -0.252. The molecule has 3 fully saturated rings. The molecule has 3 N–H and O–H groups in total. The van der Waals surface area contributed by atoms with Crippen molar-refractivity contribution in [2.75, 3.05) is 12.4 Å². The summed E-state index contributed by atoms with van der Waals surface area (Å²) in [5.41, 5.74) is 2.72. The first-order valence-electron chi connectivity index (χ1n) is 11.5. The number of carbonyl (C=O) groups is 1. The number of nitrogens with one attached hydrogen (secondary N) is 2. The zero-order valence-corrected chi connectivity index (χ0v) is 18.7. The lowest BCUT2D eigenvalue weighted by atomic mass is 9.61. The number of anilines is 1. The number of aliphatic carboxylic acids is 1. The molecule has 3 aliphatic rings. The molecule has 3 saturated carbocycles. The molecule has 0 saturated heterocycles. The number of pyridine rings is 1. The van der Waals surface area contributed by atoms with E-state index in [1.54, 1.807) is 17.8 Å². The highest BCUT2D eigenvalue weighted by molar-refractivity contribution is 5.92. The Hall–Kier alpha value is -3.53. The fourth-order valence-corrected chi connectivity index (χ4v) is 5.86. The number of aromatic nitrogens is 5. The Morgan fingerprint density at radius 2 is 2.09 bits per heavy atom. The molecule has 9 nitrogen and oxygen atoms in total. The van der Waals surface area contributed by atoms with E-state index in [0.29, 0.717) is 34.8 Å². The fraction of sp³-hybridized carbons (Fsp3) is 0.417. The van der Waals surface area contributed by atoms with Crippen LogP contribution in [0.4, 0.5) is 10.2 Å². The number of methoxy groups -OCH3 is 1. The molecule has 4 heterocycles. The molecule has 176 valence electrons. The lowest BCUT2D eigenvalue weighted by Gasteiger charge is -2.47. The molecule has 2 bridgehead atoms. The monoisotopic (exact) mass is 464 g/mol. The van der Waals surface area contributed by atoms with Crippen LogP contribution in [0.2, 0.25) is 0 Å². The van der Waals surface area contributed by atoms with Crippen LogP contribution in [0.3, 0.4) is 0 Å². The molecule has 0 aromatic carbocycles. The molecule has 3 aliphatic carbocycles. The van der Waals surface area contributed by atoms with Crippen LogP contribution in [0.15, 0.2) is 30.6 Å². The van der Waals surface area contributed by atoms with Gasteiger partial charge in [0.1, 0.15) is 17.0 Å². The number of H-pyrrole nitrogens is 1. The van der Waals surface area contributed by atoms with E-state index in [1.807, 2.05) is 12.1 Å². The van der Waals surface area contributed by atoms with Gasteiger partial charge in [-0.2, -0.15) is 0 Å². The zero-order chi connectivity index (χ0) is 23.4. The van der Waals surface area contributed by atoms with Crippen molar-refractivity contribution in [1.82, 2.24) is 24.6 Å². The molecular formula is C24H25FN6O3. The Balaban J connectivity index is 1.49. The SMILES string of the molecule is COCc1ccc2c(N[C@H]3C4CCC(CC4)[C@@H]3C(=O)O)nc(-c3c[nH]c4ncc(F)cc34)nn12. The summed E-state index contributed by atoms with van der Waals surface area (Å²) in [6.45, 7) is 0.347. The summed E-state index contributed by atoms with van der Waals surface area (Å²) in [6.07, 6.45) is 6.83. The number of aromatic amines is 1. The highest BCUT2D eigenvalue weighted by Gasteiger charge is 2.47. The van der Waals surface area contributed by atoms with Gasteiger partial charge in [0.25, 0.3) is 0 Å². The van der Waals surface area contributed by atoms with E-state index in [0.717, 1.165) is 43.1 Å². The minimum Gasteiger partial charge on any atom is -0.481 e. The van der Waals surface area contributed by atoms with Gasteiger partial charge in [-0.15, -0.1) is 5.10 Å². The number of halogens is 1. The van der Waals surface area contributed by atoms with Crippen LogP contribution in [-0.4, -0.2) is 48.8 Å². The summed E-state index contributed by atoms with van der Waals surface area (Å²) < 4.78 is 21.1. The lowest BCUT2D eigenvalue weighted by molar-refractivity contribution is -0.148. The average molecular weight is 465 g/mol. The predicted molar refractivity (Wildman–Crippen MR) is 123 cm³/mol. The number of hydrogen-bond acceptors (Lipinski definition) is 6. The van der Waals surface area contributed by atoms with Crippen molar-refractivity contribution in [3.8, 4) is 11.4 Å². The number of carboxylic acids is 1. The van der Waals surface area contributed by atoms with Crippen molar-refractivity contribution in [2.24, 2.45) is 17.8 Å². The van der Waals surface area contributed by atoms with Gasteiger partial charge in [-0.1, -0.05) is 0 Å². The van der Waals surface area contributed by atoms with Crippen molar-refractivity contribution in [3.63, 3.8) is 0 Å². The number of rotatable bonds is 6. The van der Waals surface area contributed by atoms with Crippen molar-refractivity contribution < 1.29 is 19.0 Å². The van der Waals surface area contributed by atoms with Crippen LogP contribution in [0.1, 0.15) is 31.4 Å². The van der Waals surface area contributed by atoms with E-state index < -0.39 is 17.7 Å². The first-order chi connectivity index (χ1) is 16.5. The molecule has 0 aliphatic heterocycles. The Morgan fingerprint density at radius 3 is 2.85 bits per heavy atom. The second kappa shape index (κ2) is 8.05. The number of carboxylic acid groups (broad SMARTS) is 1. The topological polar surface area (TPSA) is 117 Å². The van der Waals surface area contributed by atoms with Gasteiger partial charge in [0.15, 0.2) is 11.6 Å². The van der Waals surface area contributed by atoms with Gasteiger partial charge in [0.05, 0.1) is 24.4 Å². The highest BCUT2D eigenvalue weighted by Crippen LogP contribution is 2.46. The maximum Gasteiger partial charge on any atom is 0.308 e. The van der Waals surface area contributed by atoms with Gasteiger partial charge in [-0.05, 0) is 55.7 Å². The van der Waals surface area contributed by atoms with E-state index in [2.05, 4.69) is 15.3 Å². The van der Waals surface area contributed by atoms with Crippen LogP contribution in [0.5, 0.6) is 0 Å². The van der Waals surface area contributed by atoms with Crippen LogP contribution in [-0.2, 0) is 16.1 Å². The quantitative estimate of drug-likeness (QED) is 0.397. The first-order valence-corrected chi connectivity index (χ1v) is 11.5. The summed E-state index contributed by atoms with van der Waals surface area (Å²) >= 11 is 0. The summed E-state index contributed by atoms with van der Waals surface area (Å²) in [4.78, 5) is 24.2. The van der Waals surface area contributed by atoms with Gasteiger partial charge in [0.2, 0.25) is 0 Å². The summed E-state index contributed by atoms with van der Waals surface area (Å²) in [5, 5.41) is 18.8. The maximum absolute atomic E-state index is 14.0. The van der Waals surface area contributed by atoms with Crippen LogP contribution >= 0.6 is 0 Å². The third-order valence-electron chi connectivity index (χ3n) is 7.43. The van der Waals surface area contributed by atoms with Crippen molar-refractivity contribution >= 4 is 28.3 Å². The molecule has 0 radical (unpaired) electrons. The standard InChI is InChI=1S/C24H25FN6O3/c1-34-11-15-6-7-18-23(28-20-13-4-2-12(3-5-13)19(20)24(32)33)29-22(30-31(15)18)17-10-27-21-16(17)8-14(25)9-26-21/h6-10,12-13,19-20H,2-5,11H2,1H3,(H,26,27)(H,32,33)(H,28,29,30)/t12?,13?,19-,20-/m0/s1. The second-order valence-electron chi connectivity index (χ2n) is 9.30. The number of hydrogen-bond donors (Lipinski definition) is 3.